The summed E-state index contributed by atoms with van der Waals surface area (Å²) < 4.78 is 27.6. The van der Waals surface area contributed by atoms with E-state index in [1.807, 2.05) is 0 Å². The molecule has 0 spiro atoms. The van der Waals surface area contributed by atoms with Crippen molar-refractivity contribution < 1.29 is 18.7 Å². The summed E-state index contributed by atoms with van der Waals surface area (Å²) in [6.45, 7) is 2.34. The molecule has 0 saturated carbocycles. The van der Waals surface area contributed by atoms with Crippen molar-refractivity contribution in [2.75, 3.05) is 6.54 Å². The van der Waals surface area contributed by atoms with E-state index in [-0.39, 0.29) is 24.7 Å². The van der Waals surface area contributed by atoms with Crippen LogP contribution in [0.1, 0.15) is 58.5 Å². The van der Waals surface area contributed by atoms with Crippen LogP contribution in [0.3, 0.4) is 0 Å². The second kappa shape index (κ2) is 11.5. The zero-order valence-corrected chi connectivity index (χ0v) is 19.8. The van der Waals surface area contributed by atoms with Crippen LogP contribution in [0.4, 0.5) is 8.78 Å². The third-order valence-electron chi connectivity index (χ3n) is 6.56. The highest BCUT2D eigenvalue weighted by Gasteiger charge is 2.26. The van der Waals surface area contributed by atoms with Gasteiger partial charge in [-0.05, 0) is 78.6 Å². The first kappa shape index (κ1) is 24.9. The van der Waals surface area contributed by atoms with Crippen LogP contribution in [-0.4, -0.2) is 34.7 Å². The van der Waals surface area contributed by atoms with Crippen LogP contribution in [0.5, 0.6) is 0 Å². The maximum atomic E-state index is 13.8. The zero-order chi connectivity index (χ0) is 24.8. The van der Waals surface area contributed by atoms with E-state index in [1.165, 1.54) is 35.0 Å². The number of nitrogens with one attached hydrogen (secondary N) is 2. The number of benzene rings is 2. The van der Waals surface area contributed by atoms with Gasteiger partial charge in [0.1, 0.15) is 17.3 Å². The predicted molar refractivity (Wildman–Crippen MR) is 131 cm³/mol. The number of hydrogen-bond donors (Lipinski definition) is 3. The van der Waals surface area contributed by atoms with Crippen LogP contribution in [-0.2, 0) is 19.3 Å². The highest BCUT2D eigenvalue weighted by Crippen LogP contribution is 2.30. The molecule has 0 saturated heterocycles. The molecule has 5 nitrogen and oxygen atoms in total. The molecule has 1 aliphatic rings. The predicted octanol–water partition coefficient (Wildman–Crippen LogP) is 4.29. The summed E-state index contributed by atoms with van der Waals surface area (Å²) in [4.78, 5) is 16.8. The maximum absolute atomic E-state index is 13.8. The van der Waals surface area contributed by atoms with E-state index in [4.69, 9.17) is 0 Å². The summed E-state index contributed by atoms with van der Waals surface area (Å²) in [5, 5.41) is 17.4. The lowest BCUT2D eigenvalue weighted by molar-refractivity contribution is 0.0818. The lowest BCUT2D eigenvalue weighted by Gasteiger charge is -2.30. The average Bonchev–Trinajstić information content (AvgIpc) is 2.86. The number of fused-ring (bicyclic) bond motifs is 1. The monoisotopic (exact) mass is 479 g/mol. The normalized spacial score (nSPS) is 16.9. The molecule has 2 aromatic carbocycles. The van der Waals surface area contributed by atoms with Gasteiger partial charge < -0.3 is 15.7 Å². The summed E-state index contributed by atoms with van der Waals surface area (Å²) in [7, 11) is 0. The van der Waals surface area contributed by atoms with Crippen molar-refractivity contribution in [1.82, 2.24) is 15.6 Å². The van der Waals surface area contributed by atoms with E-state index in [0.717, 1.165) is 31.7 Å². The number of nitrogens with zero attached hydrogens (tertiary/aromatic N) is 1. The molecule has 184 valence electrons. The molecule has 2 unspecified atom stereocenters. The van der Waals surface area contributed by atoms with E-state index in [2.05, 4.69) is 40.7 Å². The standard InChI is InChI=1S/C28H31F2N3O2/c1-2-18-9-10-20-6-5-8-24(23(20)14-18)32-17-27(34)26(15-19-12-21(29)16-22(30)13-19)33-28(35)25-7-3-4-11-31-25/h3-4,7,9-14,16,24,26-27,32,34H,2,5-6,8,15,17H2,1H3,(H,33,35)/t24-,26?,27?/m0/s1. The van der Waals surface area contributed by atoms with Crippen LogP contribution in [0.15, 0.2) is 60.8 Å². The first-order chi connectivity index (χ1) is 16.9. The fourth-order valence-electron chi connectivity index (χ4n) is 4.69. The Morgan fingerprint density at radius 1 is 1.11 bits per heavy atom. The molecule has 35 heavy (non-hydrogen) atoms. The molecule has 0 fully saturated rings. The number of aryl methyl sites for hydroxylation is 2. The van der Waals surface area contributed by atoms with Gasteiger partial charge in [-0.25, -0.2) is 8.78 Å². The van der Waals surface area contributed by atoms with Crippen molar-refractivity contribution in [1.29, 1.82) is 0 Å². The lowest BCUT2D eigenvalue weighted by atomic mass is 9.86. The summed E-state index contributed by atoms with van der Waals surface area (Å²) >= 11 is 0. The van der Waals surface area contributed by atoms with Gasteiger partial charge in [0.25, 0.3) is 5.91 Å². The Labute approximate surface area is 204 Å². The first-order valence-electron chi connectivity index (χ1n) is 12.1. The summed E-state index contributed by atoms with van der Waals surface area (Å²) in [5.41, 5.74) is 4.39. The minimum atomic E-state index is -0.992. The third-order valence-corrected chi connectivity index (χ3v) is 6.56. The van der Waals surface area contributed by atoms with Crippen LogP contribution in [0.2, 0.25) is 0 Å². The zero-order valence-electron chi connectivity index (χ0n) is 19.8. The van der Waals surface area contributed by atoms with E-state index >= 15 is 0 Å². The number of hydrogen-bond acceptors (Lipinski definition) is 4. The highest BCUT2D eigenvalue weighted by atomic mass is 19.1. The molecule has 1 heterocycles. The van der Waals surface area contributed by atoms with Gasteiger partial charge in [-0.15, -0.1) is 0 Å². The molecule has 7 heteroatoms. The fourth-order valence-corrected chi connectivity index (χ4v) is 4.69. The van der Waals surface area contributed by atoms with Gasteiger partial charge >= 0.3 is 0 Å². The number of halogens is 2. The van der Waals surface area contributed by atoms with Gasteiger partial charge in [0.05, 0.1) is 12.1 Å². The number of aliphatic hydroxyl groups excluding tert-OH is 1. The smallest absolute Gasteiger partial charge is 0.270 e. The molecule has 0 bridgehead atoms. The van der Waals surface area contributed by atoms with Gasteiger partial charge in [0.2, 0.25) is 0 Å². The molecule has 3 atom stereocenters. The van der Waals surface area contributed by atoms with Crippen LogP contribution in [0.25, 0.3) is 0 Å². The Kier molecular flexibility index (Phi) is 8.21. The van der Waals surface area contributed by atoms with Gasteiger partial charge in [-0.1, -0.05) is 31.2 Å². The van der Waals surface area contributed by atoms with Crippen molar-refractivity contribution in [3.63, 3.8) is 0 Å². The molecular weight excluding hydrogens is 448 g/mol. The first-order valence-corrected chi connectivity index (χ1v) is 12.1. The van der Waals surface area contributed by atoms with E-state index in [9.17, 15) is 18.7 Å². The Bertz CT molecular complexity index is 1140. The molecule has 1 amide bonds. The van der Waals surface area contributed by atoms with Crippen molar-refractivity contribution >= 4 is 5.91 Å². The second-order valence-corrected chi connectivity index (χ2v) is 9.08. The van der Waals surface area contributed by atoms with Crippen LogP contribution in [0, 0.1) is 11.6 Å². The minimum absolute atomic E-state index is 0.0668. The lowest BCUT2D eigenvalue weighted by Crippen LogP contribution is -2.49. The van der Waals surface area contributed by atoms with E-state index < -0.39 is 29.7 Å². The highest BCUT2D eigenvalue weighted by molar-refractivity contribution is 5.92. The Morgan fingerprint density at radius 2 is 1.91 bits per heavy atom. The Balaban J connectivity index is 1.50. The molecule has 1 aliphatic carbocycles. The number of carbonyl (C=O) groups is 1. The number of carbonyl (C=O) groups excluding carboxylic acids is 1. The number of aromatic nitrogens is 1. The van der Waals surface area contributed by atoms with Crippen molar-refractivity contribution in [3.8, 4) is 0 Å². The molecule has 1 aromatic heterocycles. The Hall–Kier alpha value is -3.16. The molecular formula is C28H31F2N3O2. The van der Waals surface area contributed by atoms with E-state index in [0.29, 0.717) is 5.56 Å². The molecule has 0 radical (unpaired) electrons. The van der Waals surface area contributed by atoms with Crippen molar-refractivity contribution in [2.24, 2.45) is 0 Å². The molecule has 3 N–H and O–H groups in total. The SMILES string of the molecule is CCc1ccc2c(c1)[C@@H](NCC(O)C(Cc1cc(F)cc(F)c1)NC(=O)c1ccccn1)CCC2. The number of rotatable bonds is 9. The number of aliphatic hydroxyl groups is 1. The van der Waals surface area contributed by atoms with Gasteiger partial charge in [-0.3, -0.25) is 9.78 Å². The molecule has 3 aromatic rings. The molecule has 4 rings (SSSR count). The Morgan fingerprint density at radius 3 is 2.63 bits per heavy atom. The summed E-state index contributed by atoms with van der Waals surface area (Å²) in [6.07, 6.45) is 4.57. The second-order valence-electron chi connectivity index (χ2n) is 9.08. The van der Waals surface area contributed by atoms with E-state index in [1.54, 1.807) is 18.2 Å². The van der Waals surface area contributed by atoms with Crippen molar-refractivity contribution in [2.45, 2.75) is 57.2 Å². The third kappa shape index (κ3) is 6.50. The summed E-state index contributed by atoms with van der Waals surface area (Å²) in [6, 6.07) is 14.1. The molecule has 0 aliphatic heterocycles. The van der Waals surface area contributed by atoms with Gasteiger partial charge in [-0.2, -0.15) is 0 Å². The van der Waals surface area contributed by atoms with Crippen LogP contribution >= 0.6 is 0 Å². The van der Waals surface area contributed by atoms with Crippen molar-refractivity contribution in [3.05, 3.63) is 100 Å². The largest absolute Gasteiger partial charge is 0.390 e. The van der Waals surface area contributed by atoms with Gasteiger partial charge in [0, 0.05) is 24.8 Å². The minimum Gasteiger partial charge on any atom is -0.390 e. The number of amides is 1. The summed E-state index contributed by atoms with van der Waals surface area (Å²) in [5.74, 6) is -1.86. The van der Waals surface area contributed by atoms with Crippen LogP contribution < -0.4 is 10.6 Å². The fraction of sp³-hybridized carbons (Fsp3) is 0.357. The quantitative estimate of drug-likeness (QED) is 0.428. The van der Waals surface area contributed by atoms with Gasteiger partial charge in [0.15, 0.2) is 0 Å². The maximum Gasteiger partial charge on any atom is 0.270 e. The topological polar surface area (TPSA) is 74.2 Å². The number of pyridine rings is 1. The average molecular weight is 480 g/mol.